The number of methoxy groups -OCH3 is 2. The van der Waals surface area contributed by atoms with Crippen LogP contribution in [0.5, 0.6) is 11.5 Å². The lowest BCUT2D eigenvalue weighted by Crippen LogP contribution is -2.07. The predicted octanol–water partition coefficient (Wildman–Crippen LogP) is 7.01. The lowest BCUT2D eigenvalue weighted by Gasteiger charge is -2.14. The number of ether oxygens (including phenoxy) is 2. The van der Waals surface area contributed by atoms with Gasteiger partial charge in [0, 0.05) is 46.2 Å². The van der Waals surface area contributed by atoms with Crippen molar-refractivity contribution in [3.05, 3.63) is 69.9 Å². The zero-order chi connectivity index (χ0) is 27.7. The highest BCUT2D eigenvalue weighted by atomic mass is 35.5. The standard InChI is InChI=1S/C16H16ClNO2.C16H21NO2/c1-3-18-13-7-5-4-6-11(13)14-15(18)12(17)8-10(9-19)16(14)20-2;1-3-17-13-7-5-4-6-12(13)15-14(17)9-8-11(10-18)16(15)19-2/h4-8,19H,3,9H2,1-2H3;8-9,18H,3-7,10H2,1-2H3. The number of rotatable bonds is 6. The molecule has 0 amide bonds. The van der Waals surface area contributed by atoms with Crippen molar-refractivity contribution in [1.29, 1.82) is 0 Å². The molecule has 7 heteroatoms. The van der Waals surface area contributed by atoms with E-state index in [1.807, 2.05) is 18.2 Å². The first-order valence-electron chi connectivity index (χ1n) is 13.7. The number of fused-ring (bicyclic) bond motifs is 6. The van der Waals surface area contributed by atoms with E-state index in [0.717, 1.165) is 59.0 Å². The second-order valence-electron chi connectivity index (χ2n) is 9.88. The minimum Gasteiger partial charge on any atom is -0.496 e. The van der Waals surface area contributed by atoms with Gasteiger partial charge in [0.25, 0.3) is 0 Å². The highest BCUT2D eigenvalue weighted by molar-refractivity contribution is 6.37. The fourth-order valence-electron chi connectivity index (χ4n) is 6.36. The molecule has 6 rings (SSSR count). The molecule has 3 aromatic carbocycles. The number of aryl methyl sites for hydroxylation is 3. The van der Waals surface area contributed by atoms with Crippen LogP contribution in [0.15, 0.2) is 42.5 Å². The van der Waals surface area contributed by atoms with Gasteiger partial charge in [0.05, 0.1) is 48.9 Å². The molecule has 39 heavy (non-hydrogen) atoms. The number of benzene rings is 3. The van der Waals surface area contributed by atoms with Crippen molar-refractivity contribution in [3.8, 4) is 11.5 Å². The van der Waals surface area contributed by atoms with E-state index in [2.05, 4.69) is 41.2 Å². The average molecular weight is 549 g/mol. The lowest BCUT2D eigenvalue weighted by atomic mass is 9.94. The molecule has 0 bridgehead atoms. The summed E-state index contributed by atoms with van der Waals surface area (Å²) in [5.74, 6) is 1.57. The molecule has 0 fully saturated rings. The molecule has 5 aromatic rings. The number of hydrogen-bond acceptors (Lipinski definition) is 4. The first-order chi connectivity index (χ1) is 19.0. The summed E-state index contributed by atoms with van der Waals surface area (Å²) in [4.78, 5) is 0. The van der Waals surface area contributed by atoms with Crippen molar-refractivity contribution < 1.29 is 19.7 Å². The van der Waals surface area contributed by atoms with E-state index < -0.39 is 0 Å². The quantitative estimate of drug-likeness (QED) is 0.239. The highest BCUT2D eigenvalue weighted by Gasteiger charge is 2.23. The van der Waals surface area contributed by atoms with E-state index >= 15 is 0 Å². The summed E-state index contributed by atoms with van der Waals surface area (Å²) in [6.07, 6.45) is 4.82. The number of nitrogens with zero attached hydrogens (tertiary/aromatic N) is 2. The van der Waals surface area contributed by atoms with Gasteiger partial charge in [-0.3, -0.25) is 0 Å². The van der Waals surface area contributed by atoms with Crippen molar-refractivity contribution in [3.63, 3.8) is 0 Å². The van der Waals surface area contributed by atoms with Crippen molar-refractivity contribution in [2.45, 2.75) is 65.8 Å². The molecule has 206 valence electrons. The maximum Gasteiger partial charge on any atom is 0.134 e. The Kier molecular flexibility index (Phi) is 8.08. The SMILES string of the molecule is CCn1c2c(c3c(OC)c(CO)ccc31)CCCC2.CCn1c2ccccc2c2c(OC)c(CO)cc(Cl)c21. The number of aliphatic hydroxyl groups is 2. The molecule has 0 saturated carbocycles. The maximum atomic E-state index is 9.52. The molecule has 0 aliphatic heterocycles. The number of hydrogen-bond donors (Lipinski definition) is 2. The Hall–Kier alpha value is -3.19. The number of halogens is 1. The van der Waals surface area contributed by atoms with Gasteiger partial charge in [0.2, 0.25) is 0 Å². The summed E-state index contributed by atoms with van der Waals surface area (Å²) < 4.78 is 15.7. The van der Waals surface area contributed by atoms with Gasteiger partial charge in [-0.1, -0.05) is 35.9 Å². The largest absolute Gasteiger partial charge is 0.496 e. The third kappa shape index (κ3) is 4.45. The average Bonchev–Trinajstić information content (AvgIpc) is 3.50. The van der Waals surface area contributed by atoms with Crippen LogP contribution in [-0.2, 0) is 39.1 Å². The van der Waals surface area contributed by atoms with Crippen LogP contribution in [0.3, 0.4) is 0 Å². The zero-order valence-corrected chi connectivity index (χ0v) is 23.9. The predicted molar refractivity (Wildman–Crippen MR) is 159 cm³/mol. The monoisotopic (exact) mass is 548 g/mol. The minimum absolute atomic E-state index is 0.0329. The van der Waals surface area contributed by atoms with E-state index in [-0.39, 0.29) is 13.2 Å². The zero-order valence-electron chi connectivity index (χ0n) is 23.2. The van der Waals surface area contributed by atoms with Crippen LogP contribution in [0.4, 0.5) is 0 Å². The normalized spacial score (nSPS) is 13.0. The van der Waals surface area contributed by atoms with E-state index in [9.17, 15) is 10.2 Å². The fourth-order valence-corrected chi connectivity index (χ4v) is 6.69. The second kappa shape index (κ2) is 11.5. The van der Waals surface area contributed by atoms with Gasteiger partial charge >= 0.3 is 0 Å². The van der Waals surface area contributed by atoms with E-state index in [4.69, 9.17) is 21.1 Å². The smallest absolute Gasteiger partial charge is 0.134 e. The van der Waals surface area contributed by atoms with E-state index in [1.165, 1.54) is 35.0 Å². The van der Waals surface area contributed by atoms with Crippen molar-refractivity contribution in [2.24, 2.45) is 0 Å². The van der Waals surface area contributed by atoms with Crippen molar-refractivity contribution in [1.82, 2.24) is 9.13 Å². The summed E-state index contributed by atoms with van der Waals surface area (Å²) in [6.45, 7) is 6.05. The van der Waals surface area contributed by atoms with E-state index in [1.54, 1.807) is 20.3 Å². The lowest BCUT2D eigenvalue weighted by molar-refractivity contribution is 0.274. The molecule has 0 unspecified atom stereocenters. The van der Waals surface area contributed by atoms with E-state index in [0.29, 0.717) is 16.3 Å². The van der Waals surface area contributed by atoms with Gasteiger partial charge in [-0.25, -0.2) is 0 Å². The highest BCUT2D eigenvalue weighted by Crippen LogP contribution is 2.42. The van der Waals surface area contributed by atoms with Crippen LogP contribution in [0, 0.1) is 0 Å². The molecule has 0 atom stereocenters. The molecule has 0 spiro atoms. The first-order valence-corrected chi connectivity index (χ1v) is 14.1. The third-order valence-corrected chi connectivity index (χ3v) is 8.26. The Balaban J connectivity index is 0.000000158. The van der Waals surface area contributed by atoms with Crippen LogP contribution >= 0.6 is 11.6 Å². The van der Waals surface area contributed by atoms with Crippen LogP contribution in [0.25, 0.3) is 32.7 Å². The topological polar surface area (TPSA) is 68.8 Å². The fraction of sp³-hybridized carbons (Fsp3) is 0.375. The minimum atomic E-state index is -0.0928. The Morgan fingerprint density at radius 1 is 0.795 bits per heavy atom. The molecule has 0 saturated heterocycles. The summed E-state index contributed by atoms with van der Waals surface area (Å²) >= 11 is 6.44. The van der Waals surface area contributed by atoms with Gasteiger partial charge < -0.3 is 28.8 Å². The van der Waals surface area contributed by atoms with Crippen molar-refractivity contribution in [2.75, 3.05) is 14.2 Å². The number of para-hydroxylation sites is 1. The summed E-state index contributed by atoms with van der Waals surface area (Å²) in [6, 6.07) is 14.1. The Morgan fingerprint density at radius 2 is 1.46 bits per heavy atom. The van der Waals surface area contributed by atoms with Gasteiger partial charge in [-0.05, 0) is 63.3 Å². The summed E-state index contributed by atoms with van der Waals surface area (Å²) in [7, 11) is 3.33. The van der Waals surface area contributed by atoms with Gasteiger partial charge in [0.1, 0.15) is 11.5 Å². The maximum absolute atomic E-state index is 9.52. The van der Waals surface area contributed by atoms with Crippen LogP contribution in [0.1, 0.15) is 49.1 Å². The molecular formula is C32H37ClN2O4. The molecule has 1 aliphatic rings. The second-order valence-corrected chi connectivity index (χ2v) is 10.3. The molecule has 2 heterocycles. The molecule has 2 N–H and O–H groups in total. The van der Waals surface area contributed by atoms with Crippen LogP contribution < -0.4 is 9.47 Å². The van der Waals surface area contributed by atoms with Crippen LogP contribution in [0.2, 0.25) is 5.02 Å². The van der Waals surface area contributed by atoms with Gasteiger partial charge in [-0.2, -0.15) is 0 Å². The Labute approximate surface area is 234 Å². The summed E-state index contributed by atoms with van der Waals surface area (Å²) in [5.41, 5.74) is 7.85. The number of aromatic nitrogens is 2. The summed E-state index contributed by atoms with van der Waals surface area (Å²) in [5, 5.41) is 23.0. The Morgan fingerprint density at radius 3 is 2.13 bits per heavy atom. The van der Waals surface area contributed by atoms with Crippen molar-refractivity contribution >= 4 is 44.3 Å². The number of aliphatic hydroxyl groups excluding tert-OH is 2. The molecule has 2 aromatic heterocycles. The molecule has 1 aliphatic carbocycles. The first kappa shape index (κ1) is 27.4. The van der Waals surface area contributed by atoms with Gasteiger partial charge in [0.15, 0.2) is 0 Å². The third-order valence-electron chi connectivity index (χ3n) is 7.97. The van der Waals surface area contributed by atoms with Gasteiger partial charge in [-0.15, -0.1) is 0 Å². The molecule has 6 nitrogen and oxygen atoms in total. The molecular weight excluding hydrogens is 512 g/mol. The Bertz CT molecular complexity index is 1650. The molecule has 0 radical (unpaired) electrons. The van der Waals surface area contributed by atoms with Crippen LogP contribution in [-0.4, -0.2) is 33.6 Å².